The molecule has 0 spiro atoms. The highest BCUT2D eigenvalue weighted by Gasteiger charge is 2.33. The molecule has 0 atom stereocenters. The Morgan fingerprint density at radius 1 is 1.24 bits per heavy atom. The monoisotopic (exact) mass is 460 g/mol. The Labute approximate surface area is 186 Å². The number of ether oxygens (including phenoxy) is 1. The third-order valence-corrected chi connectivity index (χ3v) is 4.15. The van der Waals surface area contributed by atoms with E-state index in [9.17, 15) is 22.8 Å². The maximum Gasteiger partial charge on any atom is 0.432 e. The molecule has 0 unspecified atom stereocenters. The minimum absolute atomic E-state index is 0.0291. The molecule has 3 rings (SSSR count). The van der Waals surface area contributed by atoms with Crippen molar-refractivity contribution < 1.29 is 27.5 Å². The fourth-order valence-electron chi connectivity index (χ4n) is 2.63. The first-order chi connectivity index (χ1) is 15.7. The van der Waals surface area contributed by atoms with Gasteiger partial charge in [-0.25, -0.2) is 4.98 Å². The van der Waals surface area contributed by atoms with Crippen molar-refractivity contribution in [3.05, 3.63) is 48.0 Å². The number of nitrogens with zero attached hydrogens (tertiary/aromatic N) is 2. The van der Waals surface area contributed by atoms with E-state index in [0.29, 0.717) is 30.4 Å². The summed E-state index contributed by atoms with van der Waals surface area (Å²) in [5, 5.41) is 11.5. The summed E-state index contributed by atoms with van der Waals surface area (Å²) in [6, 6.07) is 6.02. The molecule has 3 aromatic rings. The first-order valence-corrected chi connectivity index (χ1v) is 9.68. The number of benzene rings is 1. The zero-order valence-corrected chi connectivity index (χ0v) is 17.3. The summed E-state index contributed by atoms with van der Waals surface area (Å²) in [4.78, 5) is 29.2. The van der Waals surface area contributed by atoms with E-state index < -0.39 is 17.8 Å². The van der Waals surface area contributed by atoms with Crippen LogP contribution < -0.4 is 15.4 Å². The van der Waals surface area contributed by atoms with Crippen molar-refractivity contribution in [1.29, 1.82) is 0 Å². The molecule has 4 N–H and O–H groups in total. The molecule has 33 heavy (non-hydrogen) atoms. The average Bonchev–Trinajstić information content (AvgIpc) is 3.44. The van der Waals surface area contributed by atoms with E-state index in [0.717, 1.165) is 0 Å². The molecule has 0 bridgehead atoms. The molecule has 172 valence electrons. The van der Waals surface area contributed by atoms with Crippen LogP contribution in [0, 0.1) is 11.8 Å². The van der Waals surface area contributed by atoms with Crippen LogP contribution in [0.15, 0.2) is 36.7 Å². The van der Waals surface area contributed by atoms with E-state index in [2.05, 4.69) is 42.6 Å². The smallest absolute Gasteiger partial charge is 0.432 e. The predicted molar refractivity (Wildman–Crippen MR) is 112 cm³/mol. The van der Waals surface area contributed by atoms with Gasteiger partial charge in [-0.3, -0.25) is 14.7 Å². The fourth-order valence-corrected chi connectivity index (χ4v) is 2.63. The SMILES string of the molecule is CC(=O)NCCCOc1ccc(-c2ncc(C(F)(F)F)[nH]2)cc1NC(=O)C#Cc1ccn[nH]1. The number of hydrogen-bond donors (Lipinski definition) is 4. The summed E-state index contributed by atoms with van der Waals surface area (Å²) in [6.07, 6.45) is -1.89. The molecule has 0 fully saturated rings. The van der Waals surface area contributed by atoms with Crippen molar-refractivity contribution >= 4 is 17.5 Å². The van der Waals surface area contributed by atoms with E-state index in [1.807, 2.05) is 0 Å². The van der Waals surface area contributed by atoms with Gasteiger partial charge in [0, 0.05) is 31.1 Å². The third-order valence-electron chi connectivity index (χ3n) is 4.15. The van der Waals surface area contributed by atoms with E-state index >= 15 is 0 Å². The van der Waals surface area contributed by atoms with Gasteiger partial charge in [0.15, 0.2) is 0 Å². The van der Waals surface area contributed by atoms with Gasteiger partial charge in [-0.15, -0.1) is 0 Å². The zero-order valence-electron chi connectivity index (χ0n) is 17.3. The van der Waals surface area contributed by atoms with Gasteiger partial charge in [0.05, 0.1) is 18.5 Å². The lowest BCUT2D eigenvalue weighted by Crippen LogP contribution is -2.22. The molecule has 2 aromatic heterocycles. The lowest BCUT2D eigenvalue weighted by atomic mass is 10.1. The highest BCUT2D eigenvalue weighted by molar-refractivity contribution is 6.05. The minimum atomic E-state index is -4.57. The van der Waals surface area contributed by atoms with Crippen LogP contribution in [0.3, 0.4) is 0 Å². The van der Waals surface area contributed by atoms with Gasteiger partial charge in [-0.05, 0) is 36.6 Å². The van der Waals surface area contributed by atoms with Crippen molar-refractivity contribution in [2.75, 3.05) is 18.5 Å². The van der Waals surface area contributed by atoms with E-state index in [1.165, 1.54) is 31.3 Å². The van der Waals surface area contributed by atoms with Crippen molar-refractivity contribution in [1.82, 2.24) is 25.5 Å². The fraction of sp³-hybridized carbons (Fsp3) is 0.238. The number of rotatable bonds is 7. The number of carbonyl (C=O) groups is 2. The Kier molecular flexibility index (Phi) is 7.34. The Morgan fingerprint density at radius 3 is 2.73 bits per heavy atom. The van der Waals surface area contributed by atoms with Gasteiger partial charge in [0.1, 0.15) is 23.0 Å². The molecule has 2 amide bonds. The number of carbonyl (C=O) groups excluding carboxylic acids is 2. The number of alkyl halides is 3. The Hall–Kier alpha value is -4.27. The molecular formula is C21H19F3N6O3. The summed E-state index contributed by atoms with van der Waals surface area (Å²) in [5.74, 6) is 4.40. The van der Waals surface area contributed by atoms with Gasteiger partial charge in [0.25, 0.3) is 0 Å². The average molecular weight is 460 g/mol. The van der Waals surface area contributed by atoms with E-state index in [1.54, 1.807) is 6.07 Å². The summed E-state index contributed by atoms with van der Waals surface area (Å²) < 4.78 is 44.3. The summed E-state index contributed by atoms with van der Waals surface area (Å²) in [7, 11) is 0. The van der Waals surface area contributed by atoms with Crippen LogP contribution in [-0.4, -0.2) is 45.1 Å². The Bertz CT molecular complexity index is 1180. The molecule has 0 radical (unpaired) electrons. The number of hydrogen-bond acceptors (Lipinski definition) is 5. The standard InChI is InChI=1S/C21H19F3N6O3/c1-13(31)25-8-2-10-33-17-5-3-14(20-26-12-18(29-20)21(22,23)24)11-16(17)28-19(32)6-4-15-7-9-27-30-15/h3,5,7,9,11-12H,2,8,10H2,1H3,(H,25,31)(H,26,29)(H,27,30)(H,28,32). The Balaban J connectivity index is 1.80. The molecular weight excluding hydrogens is 441 g/mol. The molecule has 9 nitrogen and oxygen atoms in total. The number of halogens is 3. The van der Waals surface area contributed by atoms with Crippen molar-refractivity contribution in [2.45, 2.75) is 19.5 Å². The molecule has 12 heteroatoms. The van der Waals surface area contributed by atoms with Crippen LogP contribution in [0.25, 0.3) is 11.4 Å². The molecule has 0 aliphatic carbocycles. The second-order valence-electron chi connectivity index (χ2n) is 6.71. The quantitative estimate of drug-likeness (QED) is 0.319. The van der Waals surface area contributed by atoms with Crippen molar-refractivity contribution in [3.63, 3.8) is 0 Å². The summed E-state index contributed by atoms with van der Waals surface area (Å²) >= 11 is 0. The Morgan fingerprint density at radius 2 is 2.06 bits per heavy atom. The van der Waals surface area contributed by atoms with Crippen LogP contribution >= 0.6 is 0 Å². The number of H-pyrrole nitrogens is 2. The van der Waals surface area contributed by atoms with Crippen LogP contribution in [0.1, 0.15) is 24.7 Å². The van der Waals surface area contributed by atoms with Gasteiger partial charge >= 0.3 is 12.1 Å². The lowest BCUT2D eigenvalue weighted by Gasteiger charge is -2.13. The predicted octanol–water partition coefficient (Wildman–Crippen LogP) is 2.71. The van der Waals surface area contributed by atoms with Crippen LogP contribution in [0.2, 0.25) is 0 Å². The van der Waals surface area contributed by atoms with E-state index in [-0.39, 0.29) is 29.8 Å². The molecule has 0 aliphatic heterocycles. The zero-order chi connectivity index (χ0) is 23.8. The number of anilines is 1. The highest BCUT2D eigenvalue weighted by atomic mass is 19.4. The van der Waals surface area contributed by atoms with Gasteiger partial charge in [0.2, 0.25) is 5.91 Å². The number of amides is 2. The number of aromatic nitrogens is 4. The second kappa shape index (κ2) is 10.4. The third kappa shape index (κ3) is 6.86. The van der Waals surface area contributed by atoms with Crippen molar-refractivity contribution in [3.8, 4) is 29.0 Å². The van der Waals surface area contributed by atoms with Gasteiger partial charge in [-0.2, -0.15) is 18.3 Å². The molecule has 0 saturated carbocycles. The summed E-state index contributed by atoms with van der Waals surface area (Å²) in [5.41, 5.74) is -0.0655. The van der Waals surface area contributed by atoms with Crippen molar-refractivity contribution in [2.24, 2.45) is 0 Å². The first kappa shape index (κ1) is 23.4. The summed E-state index contributed by atoms with van der Waals surface area (Å²) in [6.45, 7) is 2.02. The number of imidazole rings is 1. The molecule has 1 aromatic carbocycles. The van der Waals surface area contributed by atoms with Crippen LogP contribution in [-0.2, 0) is 15.8 Å². The molecule has 0 saturated heterocycles. The first-order valence-electron chi connectivity index (χ1n) is 9.68. The van der Waals surface area contributed by atoms with E-state index in [4.69, 9.17) is 4.74 Å². The number of nitrogens with one attached hydrogen (secondary N) is 4. The maximum absolute atomic E-state index is 12.9. The largest absolute Gasteiger partial charge is 0.491 e. The highest BCUT2D eigenvalue weighted by Crippen LogP contribution is 2.32. The molecule has 0 aliphatic rings. The maximum atomic E-state index is 12.9. The second-order valence-corrected chi connectivity index (χ2v) is 6.71. The lowest BCUT2D eigenvalue weighted by molar-refractivity contribution is -0.140. The molecule has 2 heterocycles. The van der Waals surface area contributed by atoms with Crippen LogP contribution in [0.5, 0.6) is 5.75 Å². The minimum Gasteiger partial charge on any atom is -0.491 e. The topological polar surface area (TPSA) is 125 Å². The normalized spacial score (nSPS) is 10.8. The van der Waals surface area contributed by atoms with Gasteiger partial charge in [-0.1, -0.05) is 0 Å². The van der Waals surface area contributed by atoms with Crippen LogP contribution in [0.4, 0.5) is 18.9 Å². The van der Waals surface area contributed by atoms with Gasteiger partial charge < -0.3 is 20.4 Å². The number of aromatic amines is 2.